The summed E-state index contributed by atoms with van der Waals surface area (Å²) in [6.45, 7) is 3.95. The van der Waals surface area contributed by atoms with Crippen molar-refractivity contribution >= 4 is 15.9 Å². The van der Waals surface area contributed by atoms with Crippen LogP contribution in [0.2, 0.25) is 0 Å². The van der Waals surface area contributed by atoms with Crippen LogP contribution in [0.3, 0.4) is 0 Å². The van der Waals surface area contributed by atoms with Gasteiger partial charge in [0.1, 0.15) is 11.6 Å². The van der Waals surface area contributed by atoms with Gasteiger partial charge in [0, 0.05) is 13.1 Å². The summed E-state index contributed by atoms with van der Waals surface area (Å²) in [5.74, 6) is -0.142. The van der Waals surface area contributed by atoms with Gasteiger partial charge >= 0.3 is 0 Å². The molecule has 0 heterocycles. The summed E-state index contributed by atoms with van der Waals surface area (Å²) in [5, 5.41) is 2.62. The van der Waals surface area contributed by atoms with E-state index in [1.165, 1.54) is 24.3 Å². The van der Waals surface area contributed by atoms with Gasteiger partial charge in [0.15, 0.2) is 0 Å². The molecule has 0 radical (unpaired) electrons. The maximum Gasteiger partial charge on any atom is 0.240 e. The Morgan fingerprint density at radius 1 is 1.07 bits per heavy atom. The van der Waals surface area contributed by atoms with E-state index in [-0.39, 0.29) is 42.7 Å². The highest BCUT2D eigenvalue weighted by Gasteiger charge is 2.16. The summed E-state index contributed by atoms with van der Waals surface area (Å²) in [6.07, 6.45) is 0.112. The molecular formula is C19H23FN2O4S. The molecular weight excluding hydrogens is 371 g/mol. The number of benzene rings is 2. The minimum absolute atomic E-state index is 0.0836. The van der Waals surface area contributed by atoms with E-state index < -0.39 is 10.0 Å². The number of nitrogens with one attached hydrogen (secondary N) is 2. The Kier molecular flexibility index (Phi) is 7.32. The quantitative estimate of drug-likeness (QED) is 0.639. The van der Waals surface area contributed by atoms with E-state index in [9.17, 15) is 17.6 Å². The van der Waals surface area contributed by atoms with Crippen molar-refractivity contribution < 1.29 is 22.3 Å². The number of ether oxygens (including phenoxy) is 1. The van der Waals surface area contributed by atoms with Crippen LogP contribution in [-0.2, 0) is 14.8 Å². The Hall–Kier alpha value is -2.45. The zero-order chi connectivity index (χ0) is 19.9. The molecule has 0 saturated carbocycles. The standard InChI is InChI=1S/C19H23FN2O4S/c1-14-3-4-15(2)18(13-14)27(24,25)22-11-10-21-19(23)9-12-26-17-7-5-16(20)6-8-17/h3-8,13,22H,9-12H2,1-2H3,(H,21,23). The van der Waals surface area contributed by atoms with Crippen molar-refractivity contribution in [2.45, 2.75) is 25.2 Å². The maximum atomic E-state index is 12.8. The number of rotatable bonds is 9. The molecule has 6 nitrogen and oxygen atoms in total. The van der Waals surface area contributed by atoms with Crippen molar-refractivity contribution in [3.63, 3.8) is 0 Å². The molecule has 1 amide bonds. The van der Waals surface area contributed by atoms with E-state index in [2.05, 4.69) is 10.0 Å². The Bertz CT molecular complexity index is 883. The Labute approximate surface area is 158 Å². The molecule has 27 heavy (non-hydrogen) atoms. The highest BCUT2D eigenvalue weighted by atomic mass is 32.2. The first-order valence-corrected chi connectivity index (χ1v) is 9.98. The first kappa shape index (κ1) is 20.9. The highest BCUT2D eigenvalue weighted by molar-refractivity contribution is 7.89. The largest absolute Gasteiger partial charge is 0.493 e. The summed E-state index contributed by atoms with van der Waals surface area (Å²) < 4.78 is 45.3. The molecule has 2 N–H and O–H groups in total. The first-order valence-electron chi connectivity index (χ1n) is 8.50. The predicted octanol–water partition coefficient (Wildman–Crippen LogP) is 2.31. The number of sulfonamides is 1. The lowest BCUT2D eigenvalue weighted by atomic mass is 10.2. The summed E-state index contributed by atoms with van der Waals surface area (Å²) in [5.41, 5.74) is 1.52. The molecule has 0 aromatic heterocycles. The second-order valence-corrected chi connectivity index (χ2v) is 7.80. The van der Waals surface area contributed by atoms with Gasteiger partial charge in [-0.1, -0.05) is 12.1 Å². The molecule has 0 fully saturated rings. The van der Waals surface area contributed by atoms with Crippen LogP contribution in [0.5, 0.6) is 5.75 Å². The second kappa shape index (κ2) is 9.48. The van der Waals surface area contributed by atoms with Crippen LogP contribution >= 0.6 is 0 Å². The van der Waals surface area contributed by atoms with E-state index in [0.717, 1.165) is 5.56 Å². The van der Waals surface area contributed by atoms with E-state index in [1.54, 1.807) is 19.1 Å². The molecule has 2 rings (SSSR count). The zero-order valence-electron chi connectivity index (χ0n) is 15.3. The van der Waals surface area contributed by atoms with Crippen LogP contribution in [0, 0.1) is 19.7 Å². The smallest absolute Gasteiger partial charge is 0.240 e. The average Bonchev–Trinajstić information content (AvgIpc) is 2.62. The number of halogens is 1. The minimum atomic E-state index is -3.62. The number of carbonyl (C=O) groups is 1. The fraction of sp³-hybridized carbons (Fsp3) is 0.316. The van der Waals surface area contributed by atoms with Gasteiger partial charge in [-0.05, 0) is 55.3 Å². The van der Waals surface area contributed by atoms with Crippen LogP contribution < -0.4 is 14.8 Å². The van der Waals surface area contributed by atoms with Gasteiger partial charge in [-0.2, -0.15) is 0 Å². The lowest BCUT2D eigenvalue weighted by Gasteiger charge is -2.11. The van der Waals surface area contributed by atoms with Crippen LogP contribution in [0.15, 0.2) is 47.4 Å². The van der Waals surface area contributed by atoms with Crippen molar-refractivity contribution in [3.05, 3.63) is 59.4 Å². The topological polar surface area (TPSA) is 84.5 Å². The number of aryl methyl sites for hydroxylation is 2. The molecule has 0 bridgehead atoms. The third-order valence-corrected chi connectivity index (χ3v) is 5.39. The number of hydrogen-bond acceptors (Lipinski definition) is 4. The van der Waals surface area contributed by atoms with Crippen LogP contribution in [0.25, 0.3) is 0 Å². The number of hydrogen-bond donors (Lipinski definition) is 2. The summed E-state index contributed by atoms with van der Waals surface area (Å²) in [4.78, 5) is 12.0. The lowest BCUT2D eigenvalue weighted by molar-refractivity contribution is -0.121. The molecule has 2 aromatic rings. The maximum absolute atomic E-state index is 12.8. The molecule has 0 unspecified atom stereocenters. The number of amides is 1. The molecule has 2 aromatic carbocycles. The van der Waals surface area contributed by atoms with Crippen LogP contribution in [0.1, 0.15) is 17.5 Å². The van der Waals surface area contributed by atoms with Gasteiger partial charge < -0.3 is 10.1 Å². The van der Waals surface area contributed by atoms with Crippen LogP contribution in [-0.4, -0.2) is 34.0 Å². The minimum Gasteiger partial charge on any atom is -0.493 e. The van der Waals surface area contributed by atoms with E-state index >= 15 is 0 Å². The molecule has 0 saturated heterocycles. The van der Waals surface area contributed by atoms with Gasteiger partial charge in [-0.25, -0.2) is 17.5 Å². The zero-order valence-corrected chi connectivity index (χ0v) is 16.1. The average molecular weight is 394 g/mol. The fourth-order valence-corrected chi connectivity index (χ4v) is 3.70. The van der Waals surface area contributed by atoms with E-state index in [4.69, 9.17) is 4.74 Å². The van der Waals surface area contributed by atoms with Gasteiger partial charge in [-0.15, -0.1) is 0 Å². The predicted molar refractivity (Wildman–Crippen MR) is 101 cm³/mol. The van der Waals surface area contributed by atoms with Crippen molar-refractivity contribution in [1.82, 2.24) is 10.0 Å². The van der Waals surface area contributed by atoms with E-state index in [1.807, 2.05) is 13.0 Å². The monoisotopic (exact) mass is 394 g/mol. The van der Waals surface area contributed by atoms with Crippen molar-refractivity contribution in [1.29, 1.82) is 0 Å². The molecule has 0 aliphatic rings. The molecule has 146 valence electrons. The molecule has 0 aliphatic heterocycles. The van der Waals surface area contributed by atoms with Gasteiger partial charge in [0.2, 0.25) is 15.9 Å². The summed E-state index contributed by atoms with van der Waals surface area (Å²) >= 11 is 0. The third kappa shape index (κ3) is 6.65. The Morgan fingerprint density at radius 3 is 2.48 bits per heavy atom. The molecule has 8 heteroatoms. The van der Waals surface area contributed by atoms with Gasteiger partial charge in [-0.3, -0.25) is 4.79 Å². The molecule has 0 atom stereocenters. The van der Waals surface area contributed by atoms with Gasteiger partial charge in [0.05, 0.1) is 17.9 Å². The number of carbonyl (C=O) groups excluding carboxylic acids is 1. The summed E-state index contributed by atoms with van der Waals surface area (Å²) in [7, 11) is -3.62. The van der Waals surface area contributed by atoms with Gasteiger partial charge in [0.25, 0.3) is 0 Å². The van der Waals surface area contributed by atoms with Crippen molar-refractivity contribution in [3.8, 4) is 5.75 Å². The fourth-order valence-electron chi connectivity index (χ4n) is 2.34. The van der Waals surface area contributed by atoms with Crippen LogP contribution in [0.4, 0.5) is 4.39 Å². The SMILES string of the molecule is Cc1ccc(C)c(S(=O)(=O)NCCNC(=O)CCOc2ccc(F)cc2)c1. The Balaban J connectivity index is 1.70. The van der Waals surface area contributed by atoms with Crippen molar-refractivity contribution in [2.24, 2.45) is 0 Å². The normalized spacial score (nSPS) is 11.2. The highest BCUT2D eigenvalue weighted by Crippen LogP contribution is 2.16. The summed E-state index contributed by atoms with van der Waals surface area (Å²) in [6, 6.07) is 10.7. The molecule has 0 spiro atoms. The molecule has 0 aliphatic carbocycles. The van der Waals surface area contributed by atoms with E-state index in [0.29, 0.717) is 11.3 Å². The third-order valence-electron chi connectivity index (χ3n) is 3.78. The van der Waals surface area contributed by atoms with Crippen molar-refractivity contribution in [2.75, 3.05) is 19.7 Å². The Morgan fingerprint density at radius 2 is 1.78 bits per heavy atom. The first-order chi connectivity index (χ1) is 12.8. The second-order valence-electron chi connectivity index (χ2n) is 6.07. The lowest BCUT2D eigenvalue weighted by Crippen LogP contribution is -2.35.